The van der Waals surface area contributed by atoms with Crippen molar-refractivity contribution in [1.82, 2.24) is 19.9 Å². The lowest BCUT2D eigenvalue weighted by atomic mass is 10.1. The van der Waals surface area contributed by atoms with Crippen LogP contribution in [0.2, 0.25) is 0 Å². The average Bonchev–Trinajstić information content (AvgIpc) is 2.70. The van der Waals surface area contributed by atoms with Crippen LogP contribution in [0.4, 0.5) is 0 Å². The zero-order chi connectivity index (χ0) is 20.4. The van der Waals surface area contributed by atoms with Crippen molar-refractivity contribution in [3.63, 3.8) is 0 Å². The van der Waals surface area contributed by atoms with Crippen molar-refractivity contribution in [2.75, 3.05) is 13.7 Å². The molecule has 10 heteroatoms. The highest BCUT2D eigenvalue weighted by atomic mass is 16.5. The number of hydrogen-bond donors (Lipinski definition) is 3. The van der Waals surface area contributed by atoms with Crippen LogP contribution in [0.25, 0.3) is 22.4 Å². The van der Waals surface area contributed by atoms with Gasteiger partial charge in [0.2, 0.25) is 0 Å². The van der Waals surface area contributed by atoms with Crippen LogP contribution in [0, 0.1) is 0 Å². The first-order chi connectivity index (χ1) is 13.3. The summed E-state index contributed by atoms with van der Waals surface area (Å²) in [7, 11) is 2.89. The number of ether oxygens (including phenoxy) is 1. The molecule has 0 aliphatic heterocycles. The van der Waals surface area contributed by atoms with Crippen LogP contribution in [0.5, 0.6) is 11.5 Å². The van der Waals surface area contributed by atoms with Crippen molar-refractivity contribution in [2.45, 2.75) is 0 Å². The molecular formula is C18H16N4O6. The van der Waals surface area contributed by atoms with E-state index in [1.807, 2.05) is 0 Å². The number of aromatic hydroxyl groups is 1. The molecule has 0 spiro atoms. The average molecular weight is 384 g/mol. The van der Waals surface area contributed by atoms with Gasteiger partial charge in [0.25, 0.3) is 11.5 Å². The van der Waals surface area contributed by atoms with Crippen LogP contribution in [-0.2, 0) is 11.8 Å². The van der Waals surface area contributed by atoms with E-state index in [2.05, 4.69) is 15.3 Å². The molecule has 2 aromatic heterocycles. The molecule has 2 heterocycles. The molecule has 0 bridgehead atoms. The monoisotopic (exact) mass is 384 g/mol. The number of nitrogens with zero attached hydrogens (tertiary/aromatic N) is 3. The number of amides is 1. The number of carboxylic acids is 1. The molecule has 10 nitrogen and oxygen atoms in total. The molecule has 0 aliphatic rings. The third kappa shape index (κ3) is 3.22. The summed E-state index contributed by atoms with van der Waals surface area (Å²) < 4.78 is 6.38. The molecule has 1 amide bonds. The maximum atomic E-state index is 12.6. The SMILES string of the molecule is COc1ccccc1-c1ncc2c(O)c(C(=O)NCC(=O)O)c(=O)n(C)c2n1. The fraction of sp³-hybridized carbons (Fsp3) is 0.167. The van der Waals surface area contributed by atoms with Gasteiger partial charge in [0, 0.05) is 13.2 Å². The molecule has 28 heavy (non-hydrogen) atoms. The van der Waals surface area contributed by atoms with Crippen molar-refractivity contribution in [1.29, 1.82) is 0 Å². The van der Waals surface area contributed by atoms with Gasteiger partial charge < -0.3 is 20.3 Å². The summed E-state index contributed by atoms with van der Waals surface area (Å²) in [6, 6.07) is 7.03. The number of aryl methyl sites for hydroxylation is 1. The van der Waals surface area contributed by atoms with E-state index in [0.29, 0.717) is 11.3 Å². The standard InChI is InChI=1S/C18H16N4O6/c1-22-16-10(14(25)13(18(22)27)17(26)20-8-12(23)24)7-19-15(21-16)9-5-3-4-6-11(9)28-2/h3-7,25H,8H2,1-2H3,(H,20,26)(H,23,24). The smallest absolute Gasteiger partial charge is 0.322 e. The second-order valence-electron chi connectivity index (χ2n) is 5.80. The van der Waals surface area contributed by atoms with Gasteiger partial charge in [0.1, 0.15) is 29.3 Å². The predicted octanol–water partition coefficient (Wildman–Crippen LogP) is 0.524. The second kappa shape index (κ2) is 7.35. The Hall–Kier alpha value is -3.95. The molecule has 0 aliphatic carbocycles. The van der Waals surface area contributed by atoms with Crippen LogP contribution in [0.3, 0.4) is 0 Å². The van der Waals surface area contributed by atoms with Gasteiger partial charge in [-0.3, -0.25) is 19.0 Å². The number of carbonyl (C=O) groups excluding carboxylic acids is 1. The maximum Gasteiger partial charge on any atom is 0.322 e. The van der Waals surface area contributed by atoms with E-state index in [4.69, 9.17) is 9.84 Å². The molecule has 3 rings (SSSR count). The number of aromatic nitrogens is 3. The number of carboxylic acid groups (broad SMARTS) is 1. The Labute approximate surface area is 158 Å². The molecule has 0 fully saturated rings. The number of pyridine rings is 1. The number of methoxy groups -OCH3 is 1. The summed E-state index contributed by atoms with van der Waals surface area (Å²) in [6.07, 6.45) is 1.28. The van der Waals surface area contributed by atoms with Crippen molar-refractivity contribution in [3.8, 4) is 22.9 Å². The lowest BCUT2D eigenvalue weighted by molar-refractivity contribution is -0.135. The van der Waals surface area contributed by atoms with Gasteiger partial charge in [-0.15, -0.1) is 0 Å². The zero-order valence-electron chi connectivity index (χ0n) is 15.0. The quantitative estimate of drug-likeness (QED) is 0.578. The number of carbonyl (C=O) groups is 2. The predicted molar refractivity (Wildman–Crippen MR) is 98.4 cm³/mol. The highest BCUT2D eigenvalue weighted by molar-refractivity contribution is 6.02. The highest BCUT2D eigenvalue weighted by Gasteiger charge is 2.23. The molecule has 144 valence electrons. The Bertz CT molecular complexity index is 1150. The summed E-state index contributed by atoms with van der Waals surface area (Å²) in [5, 5.41) is 21.2. The first-order valence-electron chi connectivity index (χ1n) is 8.07. The molecule has 0 saturated carbocycles. The first kappa shape index (κ1) is 18.8. The minimum atomic E-state index is -1.28. The maximum absolute atomic E-state index is 12.6. The second-order valence-corrected chi connectivity index (χ2v) is 5.80. The number of para-hydroxylation sites is 1. The number of rotatable bonds is 5. The van der Waals surface area contributed by atoms with Crippen LogP contribution < -0.4 is 15.6 Å². The highest BCUT2D eigenvalue weighted by Crippen LogP contribution is 2.30. The number of benzene rings is 1. The summed E-state index contributed by atoms with van der Waals surface area (Å²) in [4.78, 5) is 43.9. The van der Waals surface area contributed by atoms with E-state index >= 15 is 0 Å². The molecule has 3 aromatic rings. The van der Waals surface area contributed by atoms with E-state index < -0.39 is 35.3 Å². The first-order valence-corrected chi connectivity index (χ1v) is 8.07. The molecule has 1 aromatic carbocycles. The fourth-order valence-electron chi connectivity index (χ4n) is 2.70. The van der Waals surface area contributed by atoms with Crippen LogP contribution >= 0.6 is 0 Å². The van der Waals surface area contributed by atoms with Gasteiger partial charge in [-0.2, -0.15) is 0 Å². The molecule has 0 radical (unpaired) electrons. The van der Waals surface area contributed by atoms with Crippen molar-refractivity contribution in [3.05, 3.63) is 46.4 Å². The number of nitrogens with one attached hydrogen (secondary N) is 1. The van der Waals surface area contributed by atoms with E-state index in [9.17, 15) is 19.5 Å². The van der Waals surface area contributed by atoms with Gasteiger partial charge in [0.15, 0.2) is 5.82 Å². The van der Waals surface area contributed by atoms with E-state index in [1.54, 1.807) is 24.3 Å². The summed E-state index contributed by atoms with van der Waals surface area (Å²) in [6.45, 7) is -0.692. The number of hydrogen-bond acceptors (Lipinski definition) is 7. The summed E-state index contributed by atoms with van der Waals surface area (Å²) in [5.41, 5.74) is -0.710. The lowest BCUT2D eigenvalue weighted by Crippen LogP contribution is -2.35. The zero-order valence-corrected chi connectivity index (χ0v) is 15.0. The summed E-state index contributed by atoms with van der Waals surface area (Å²) >= 11 is 0. The van der Waals surface area contributed by atoms with Gasteiger partial charge in [-0.1, -0.05) is 12.1 Å². The normalized spacial score (nSPS) is 10.6. The van der Waals surface area contributed by atoms with Gasteiger partial charge in [-0.05, 0) is 12.1 Å². The minimum absolute atomic E-state index is 0.0706. The van der Waals surface area contributed by atoms with E-state index in [0.717, 1.165) is 4.57 Å². The fourth-order valence-corrected chi connectivity index (χ4v) is 2.70. The molecule has 0 saturated heterocycles. The third-order valence-electron chi connectivity index (χ3n) is 4.07. The Morgan fingerprint density at radius 1 is 1.29 bits per heavy atom. The molecule has 0 unspecified atom stereocenters. The topological polar surface area (TPSA) is 144 Å². The van der Waals surface area contributed by atoms with Crippen LogP contribution in [-0.4, -0.2) is 50.3 Å². The Morgan fingerprint density at radius 3 is 2.68 bits per heavy atom. The van der Waals surface area contributed by atoms with Crippen LogP contribution in [0.1, 0.15) is 10.4 Å². The van der Waals surface area contributed by atoms with Gasteiger partial charge in [0.05, 0.1) is 18.1 Å². The van der Waals surface area contributed by atoms with Crippen molar-refractivity contribution >= 4 is 22.9 Å². The van der Waals surface area contributed by atoms with E-state index in [-0.39, 0.29) is 16.9 Å². The van der Waals surface area contributed by atoms with Gasteiger partial charge in [-0.25, -0.2) is 9.97 Å². The third-order valence-corrected chi connectivity index (χ3v) is 4.07. The van der Waals surface area contributed by atoms with Crippen LogP contribution in [0.15, 0.2) is 35.3 Å². The molecular weight excluding hydrogens is 368 g/mol. The largest absolute Gasteiger partial charge is 0.506 e. The Kier molecular flexibility index (Phi) is 4.94. The summed E-state index contributed by atoms with van der Waals surface area (Å²) in [5.74, 6) is -2.11. The molecule has 3 N–H and O–H groups in total. The Morgan fingerprint density at radius 2 is 2.00 bits per heavy atom. The minimum Gasteiger partial charge on any atom is -0.506 e. The number of fused-ring (bicyclic) bond motifs is 1. The Balaban J connectivity index is 2.18. The number of aliphatic carboxylic acids is 1. The molecule has 0 atom stereocenters. The van der Waals surface area contributed by atoms with Gasteiger partial charge >= 0.3 is 5.97 Å². The van der Waals surface area contributed by atoms with E-state index in [1.165, 1.54) is 20.4 Å². The van der Waals surface area contributed by atoms with Crippen molar-refractivity contribution < 1.29 is 24.5 Å². The lowest BCUT2D eigenvalue weighted by Gasteiger charge is -2.12. The van der Waals surface area contributed by atoms with Crippen molar-refractivity contribution in [2.24, 2.45) is 7.05 Å².